The molecule has 2 fully saturated rings. The number of benzene rings is 1. The third-order valence-electron chi connectivity index (χ3n) is 5.25. The molecule has 13 nitrogen and oxygen atoms in total. The van der Waals surface area contributed by atoms with Crippen LogP contribution in [0.15, 0.2) is 29.2 Å². The first-order valence-electron chi connectivity index (χ1n) is 10.4. The van der Waals surface area contributed by atoms with E-state index in [1.807, 2.05) is 0 Å². The van der Waals surface area contributed by atoms with E-state index in [1.165, 1.54) is 32.9 Å². The van der Waals surface area contributed by atoms with E-state index in [2.05, 4.69) is 0 Å². The van der Waals surface area contributed by atoms with Gasteiger partial charge in [0.1, 0.15) is 18.8 Å². The van der Waals surface area contributed by atoms with Crippen molar-refractivity contribution >= 4 is 16.3 Å². The molecular formula is C20H27NO12S. The Morgan fingerprint density at radius 2 is 1.91 bits per heavy atom. The average molecular weight is 505 g/mol. The monoisotopic (exact) mass is 505 g/mol. The molecule has 1 aromatic rings. The predicted molar refractivity (Wildman–Crippen MR) is 112 cm³/mol. The van der Waals surface area contributed by atoms with Gasteiger partial charge in [0.2, 0.25) is 6.54 Å². The van der Waals surface area contributed by atoms with Crippen molar-refractivity contribution in [3.8, 4) is 0 Å². The van der Waals surface area contributed by atoms with E-state index in [1.54, 1.807) is 19.1 Å². The highest BCUT2D eigenvalue weighted by Gasteiger charge is 2.68. The molecule has 0 saturated carbocycles. The number of ether oxygens (including phenoxy) is 5. The maximum absolute atomic E-state index is 12.6. The molecule has 0 spiro atoms. The Kier molecular flexibility index (Phi) is 7.50. The second kappa shape index (κ2) is 9.71. The molecule has 0 amide bonds. The van der Waals surface area contributed by atoms with Gasteiger partial charge >= 0.3 is 6.16 Å². The number of nitrogens with zero attached hydrogens (tertiary/aromatic N) is 1. The van der Waals surface area contributed by atoms with Crippen LogP contribution in [-0.4, -0.2) is 80.4 Å². The Bertz CT molecular complexity index is 1010. The maximum Gasteiger partial charge on any atom is 0.508 e. The van der Waals surface area contributed by atoms with Gasteiger partial charge in [0.05, 0.1) is 11.5 Å². The summed E-state index contributed by atoms with van der Waals surface area (Å²) in [7, 11) is -4.31. The Hall–Kier alpha value is -2.36. The zero-order valence-electron chi connectivity index (χ0n) is 19.0. The highest BCUT2D eigenvalue weighted by molar-refractivity contribution is 7.86. The van der Waals surface area contributed by atoms with Crippen molar-refractivity contribution in [3.63, 3.8) is 0 Å². The van der Waals surface area contributed by atoms with Gasteiger partial charge in [0, 0.05) is 4.92 Å². The Morgan fingerprint density at radius 3 is 2.50 bits per heavy atom. The van der Waals surface area contributed by atoms with E-state index < -0.39 is 70.3 Å². The summed E-state index contributed by atoms with van der Waals surface area (Å²) in [5, 5.41) is 22.7. The summed E-state index contributed by atoms with van der Waals surface area (Å²) < 4.78 is 57.1. The molecule has 2 saturated heterocycles. The quantitative estimate of drug-likeness (QED) is 0.220. The van der Waals surface area contributed by atoms with Crippen LogP contribution in [0.1, 0.15) is 26.3 Å². The van der Waals surface area contributed by atoms with E-state index in [0.717, 1.165) is 5.56 Å². The van der Waals surface area contributed by atoms with E-state index in [-0.39, 0.29) is 11.5 Å². The molecular weight excluding hydrogens is 478 g/mol. The van der Waals surface area contributed by atoms with Crippen LogP contribution in [0.4, 0.5) is 4.79 Å². The lowest BCUT2D eigenvalue weighted by molar-refractivity contribution is -0.507. The van der Waals surface area contributed by atoms with E-state index >= 15 is 0 Å². The molecule has 3 rings (SSSR count). The van der Waals surface area contributed by atoms with Crippen LogP contribution in [0.5, 0.6) is 0 Å². The zero-order chi connectivity index (χ0) is 25.3. The summed E-state index contributed by atoms with van der Waals surface area (Å²) in [6, 6.07) is 5.79. The van der Waals surface area contributed by atoms with Gasteiger partial charge < -0.3 is 28.8 Å². The van der Waals surface area contributed by atoms with Crippen LogP contribution in [0.3, 0.4) is 0 Å². The average Bonchev–Trinajstić information content (AvgIpc) is 3.16. The number of hydrogen-bond acceptors (Lipinski definition) is 12. The van der Waals surface area contributed by atoms with Crippen LogP contribution < -0.4 is 0 Å². The topological polar surface area (TPSA) is 170 Å². The lowest BCUT2D eigenvalue weighted by Crippen LogP contribution is -2.59. The van der Waals surface area contributed by atoms with Gasteiger partial charge in [-0.1, -0.05) is 17.7 Å². The molecule has 1 aromatic carbocycles. The number of aliphatic hydroxyl groups is 1. The van der Waals surface area contributed by atoms with Crippen molar-refractivity contribution in [1.29, 1.82) is 0 Å². The Morgan fingerprint density at radius 1 is 1.26 bits per heavy atom. The predicted octanol–water partition coefficient (Wildman–Crippen LogP) is 1.13. The van der Waals surface area contributed by atoms with E-state index in [9.17, 15) is 28.4 Å². The van der Waals surface area contributed by atoms with Crippen molar-refractivity contribution in [3.05, 3.63) is 39.9 Å². The number of carbonyl (C=O) groups is 1. The minimum absolute atomic E-state index is 0.0651. The zero-order valence-corrected chi connectivity index (χ0v) is 19.9. The molecule has 1 N–H and O–H groups in total. The number of fused-ring (bicyclic) bond motifs is 1. The van der Waals surface area contributed by atoms with Crippen LogP contribution in [0, 0.1) is 17.0 Å². The van der Waals surface area contributed by atoms with Gasteiger partial charge in [-0.2, -0.15) is 8.42 Å². The molecule has 14 heteroatoms. The Balaban J connectivity index is 1.88. The third kappa shape index (κ3) is 5.64. The molecule has 0 unspecified atom stereocenters. The van der Waals surface area contributed by atoms with Gasteiger partial charge in [-0.15, -0.1) is 0 Å². The molecule has 0 bridgehead atoms. The minimum atomic E-state index is -4.31. The second-order valence-electron chi connectivity index (χ2n) is 8.35. The van der Waals surface area contributed by atoms with Gasteiger partial charge in [-0.05, 0) is 39.8 Å². The lowest BCUT2D eigenvalue weighted by Gasteiger charge is -2.33. The number of aryl methyl sites for hydroxylation is 1. The first kappa shape index (κ1) is 26.2. The molecule has 2 heterocycles. The summed E-state index contributed by atoms with van der Waals surface area (Å²) in [6.07, 6.45) is -7.05. The summed E-state index contributed by atoms with van der Waals surface area (Å²) in [5.41, 5.74) is -1.53. The van der Waals surface area contributed by atoms with E-state index in [0.29, 0.717) is 0 Å². The van der Waals surface area contributed by atoms with Gasteiger partial charge in [-0.25, -0.2) is 4.79 Å². The number of hydrogen-bond donors (Lipinski definition) is 1. The standard InChI is InChI=1S/C20H27NO12S/c1-5-28-18(22)30-14(10-29-34(26,27)13-8-6-12(2)7-9-13)15-20(23,11-21(24)25)16-17(31-15)33-19(3,4)32-16/h6-9,14-17,23H,5,10-11H2,1-4H3/t14-,15-,16+,17-,20-/m1/s1. The van der Waals surface area contributed by atoms with Crippen molar-refractivity contribution in [2.24, 2.45) is 0 Å². The fraction of sp³-hybridized carbons (Fsp3) is 0.650. The van der Waals surface area contributed by atoms with Crippen molar-refractivity contribution in [1.82, 2.24) is 0 Å². The highest BCUT2D eigenvalue weighted by atomic mass is 32.2. The van der Waals surface area contributed by atoms with Gasteiger partial charge in [0.15, 0.2) is 23.8 Å². The number of rotatable bonds is 9. The molecule has 2 aliphatic heterocycles. The molecule has 0 radical (unpaired) electrons. The molecule has 5 atom stereocenters. The second-order valence-corrected chi connectivity index (χ2v) is 9.97. The molecule has 0 aliphatic carbocycles. The number of carbonyl (C=O) groups excluding carboxylic acids is 1. The molecule has 190 valence electrons. The van der Waals surface area contributed by atoms with E-state index in [4.69, 9.17) is 27.9 Å². The SMILES string of the molecule is CCOC(=O)O[C@H](COS(=O)(=O)c1ccc(C)cc1)[C@H]1O[C@@H]2OC(C)(C)O[C@@H]2[C@@]1(O)C[N+](=O)[O-]. The van der Waals surface area contributed by atoms with Crippen molar-refractivity contribution < 1.29 is 51.1 Å². The van der Waals surface area contributed by atoms with Crippen molar-refractivity contribution in [2.75, 3.05) is 19.8 Å². The van der Waals surface area contributed by atoms with Crippen LogP contribution in [0.2, 0.25) is 0 Å². The summed E-state index contributed by atoms with van der Waals surface area (Å²) in [5.74, 6) is -1.21. The van der Waals surface area contributed by atoms with Crippen LogP contribution >= 0.6 is 0 Å². The summed E-state index contributed by atoms with van der Waals surface area (Å²) in [4.78, 5) is 22.5. The first-order chi connectivity index (χ1) is 15.8. The largest absolute Gasteiger partial charge is 0.508 e. The molecule has 0 aromatic heterocycles. The molecule has 2 aliphatic rings. The van der Waals surface area contributed by atoms with Crippen LogP contribution in [-0.2, 0) is 38.0 Å². The summed E-state index contributed by atoms with van der Waals surface area (Å²) in [6.45, 7) is 4.38. The van der Waals surface area contributed by atoms with Crippen molar-refractivity contribution in [2.45, 2.75) is 68.6 Å². The van der Waals surface area contributed by atoms with Gasteiger partial charge in [-0.3, -0.25) is 14.3 Å². The smallest absolute Gasteiger partial charge is 0.435 e. The highest BCUT2D eigenvalue weighted by Crippen LogP contribution is 2.44. The first-order valence-corrected chi connectivity index (χ1v) is 11.8. The summed E-state index contributed by atoms with van der Waals surface area (Å²) >= 11 is 0. The normalized spacial score (nSPS) is 28.8. The lowest BCUT2D eigenvalue weighted by atomic mass is 9.89. The third-order valence-corrected chi connectivity index (χ3v) is 6.55. The number of nitro groups is 1. The van der Waals surface area contributed by atoms with Crippen LogP contribution in [0.25, 0.3) is 0 Å². The fourth-order valence-corrected chi connectivity index (χ4v) is 4.70. The fourth-order valence-electron chi connectivity index (χ4n) is 3.78. The Labute approximate surface area is 196 Å². The molecule has 34 heavy (non-hydrogen) atoms. The minimum Gasteiger partial charge on any atom is -0.435 e. The van der Waals surface area contributed by atoms with Gasteiger partial charge in [0.25, 0.3) is 10.1 Å². The maximum atomic E-state index is 12.6.